The summed E-state index contributed by atoms with van der Waals surface area (Å²) in [5.41, 5.74) is 0.0989. The third kappa shape index (κ3) is 5.06. The molecule has 1 aromatic heterocycles. The molecule has 0 amide bonds. The molecule has 0 bridgehead atoms. The molecule has 0 radical (unpaired) electrons. The fourth-order valence-electron chi connectivity index (χ4n) is 1.79. The Kier molecular flexibility index (Phi) is 7.91. The van der Waals surface area contributed by atoms with Crippen LogP contribution in [0.3, 0.4) is 0 Å². The van der Waals surface area contributed by atoms with Crippen LogP contribution in [-0.4, -0.2) is 38.9 Å². The van der Waals surface area contributed by atoms with Crippen LogP contribution in [0.2, 0.25) is 0 Å². The molecule has 1 heterocycles. The number of hydrogen-bond donors (Lipinski definition) is 0. The predicted octanol–water partition coefficient (Wildman–Crippen LogP) is 3.24. The van der Waals surface area contributed by atoms with Gasteiger partial charge in [0.05, 0.1) is 32.5 Å². The van der Waals surface area contributed by atoms with Gasteiger partial charge in [0.1, 0.15) is 17.3 Å². The Hall–Kier alpha value is -1.89. The summed E-state index contributed by atoms with van der Waals surface area (Å²) in [6.07, 6.45) is 2.11. The summed E-state index contributed by atoms with van der Waals surface area (Å²) in [4.78, 5) is 23.4. The first kappa shape index (κ1) is 20.2. The van der Waals surface area contributed by atoms with Crippen LogP contribution in [0.5, 0.6) is 0 Å². The summed E-state index contributed by atoms with van der Waals surface area (Å²) < 4.78 is 38.2. The van der Waals surface area contributed by atoms with Gasteiger partial charge in [0, 0.05) is 6.08 Å². The molecule has 0 aliphatic rings. The van der Waals surface area contributed by atoms with E-state index in [0.717, 1.165) is 12.3 Å². The van der Waals surface area contributed by atoms with E-state index in [0.29, 0.717) is 0 Å². The monoisotopic (exact) mass is 360 g/mol. The van der Waals surface area contributed by atoms with Crippen molar-refractivity contribution in [3.8, 4) is 0 Å². The zero-order valence-corrected chi connectivity index (χ0v) is 15.0. The van der Waals surface area contributed by atoms with Crippen LogP contribution in [0.1, 0.15) is 36.9 Å². The van der Waals surface area contributed by atoms with E-state index < -0.39 is 19.5 Å². The number of carbonyl (C=O) groups is 2. The van der Waals surface area contributed by atoms with Gasteiger partial charge in [-0.1, -0.05) is 0 Å². The molecular weight excluding hydrogens is 339 g/mol. The maximum atomic E-state index is 13.0. The highest BCUT2D eigenvalue weighted by Gasteiger charge is 2.34. The summed E-state index contributed by atoms with van der Waals surface area (Å²) in [6.45, 7) is 5.22. The molecule has 0 atom stereocenters. The molecule has 0 saturated carbocycles. The minimum atomic E-state index is -3.84. The number of carbonyl (C=O) groups excluding carboxylic acids is 2. The summed E-state index contributed by atoms with van der Waals surface area (Å²) in [7, 11) is -2.62. The molecule has 0 aliphatic heterocycles. The molecule has 0 saturated heterocycles. The smallest absolute Gasteiger partial charge is 0.365 e. The Morgan fingerprint density at radius 1 is 1.17 bits per heavy atom. The Morgan fingerprint density at radius 3 is 2.29 bits per heavy atom. The number of methoxy groups -OCH3 is 1. The Morgan fingerprint density at radius 2 is 1.79 bits per heavy atom. The minimum absolute atomic E-state index is 0.00585. The molecular formula is C15H21O8P. The highest BCUT2D eigenvalue weighted by molar-refractivity contribution is 7.65. The summed E-state index contributed by atoms with van der Waals surface area (Å²) >= 11 is 0. The molecule has 134 valence electrons. The van der Waals surface area contributed by atoms with Crippen LogP contribution in [0.25, 0.3) is 5.31 Å². The molecule has 0 spiro atoms. The number of hydrogen-bond acceptors (Lipinski definition) is 8. The van der Waals surface area contributed by atoms with E-state index in [1.54, 1.807) is 20.8 Å². The van der Waals surface area contributed by atoms with Gasteiger partial charge < -0.3 is 22.9 Å². The molecule has 1 aromatic rings. The maximum absolute atomic E-state index is 13.0. The third-order valence-corrected chi connectivity index (χ3v) is 4.84. The SMILES string of the molecule is CCOC(=O)C=C(c1cc(C(=O)OC)co1)P(=O)(OCC)OCC. The maximum Gasteiger partial charge on any atom is 0.365 e. The van der Waals surface area contributed by atoms with Crippen molar-refractivity contribution in [3.63, 3.8) is 0 Å². The minimum Gasteiger partial charge on any atom is -0.465 e. The lowest BCUT2D eigenvalue weighted by molar-refractivity contribution is -0.137. The van der Waals surface area contributed by atoms with Gasteiger partial charge in [0.25, 0.3) is 0 Å². The van der Waals surface area contributed by atoms with Crippen molar-refractivity contribution in [2.24, 2.45) is 0 Å². The van der Waals surface area contributed by atoms with Gasteiger partial charge >= 0.3 is 19.5 Å². The molecule has 9 heteroatoms. The summed E-state index contributed by atoms with van der Waals surface area (Å²) in [5.74, 6) is -1.38. The Balaban J connectivity index is 3.37. The number of esters is 2. The number of furan rings is 1. The van der Waals surface area contributed by atoms with Crippen LogP contribution >= 0.6 is 7.60 Å². The van der Waals surface area contributed by atoms with E-state index in [4.69, 9.17) is 18.2 Å². The highest BCUT2D eigenvalue weighted by Crippen LogP contribution is 2.60. The molecule has 0 unspecified atom stereocenters. The fraction of sp³-hybridized carbons (Fsp3) is 0.467. The van der Waals surface area contributed by atoms with E-state index in [-0.39, 0.29) is 36.5 Å². The molecule has 1 rings (SSSR count). The van der Waals surface area contributed by atoms with E-state index in [1.165, 1.54) is 13.2 Å². The van der Waals surface area contributed by atoms with Crippen LogP contribution < -0.4 is 0 Å². The second kappa shape index (κ2) is 9.42. The summed E-state index contributed by atoms with van der Waals surface area (Å²) in [5, 5.41) is -0.125. The first-order valence-corrected chi connectivity index (χ1v) is 8.91. The average Bonchev–Trinajstić information content (AvgIpc) is 3.02. The van der Waals surface area contributed by atoms with Crippen molar-refractivity contribution in [1.82, 2.24) is 0 Å². The second-order valence-electron chi connectivity index (χ2n) is 4.31. The van der Waals surface area contributed by atoms with E-state index in [9.17, 15) is 14.2 Å². The van der Waals surface area contributed by atoms with Crippen molar-refractivity contribution in [2.75, 3.05) is 26.9 Å². The van der Waals surface area contributed by atoms with Crippen molar-refractivity contribution >= 4 is 24.8 Å². The largest absolute Gasteiger partial charge is 0.465 e. The Labute approximate surface area is 140 Å². The van der Waals surface area contributed by atoms with Crippen LogP contribution in [0, 0.1) is 0 Å². The first-order chi connectivity index (χ1) is 11.4. The van der Waals surface area contributed by atoms with Crippen LogP contribution in [0.4, 0.5) is 0 Å². The first-order valence-electron chi connectivity index (χ1n) is 7.37. The lowest BCUT2D eigenvalue weighted by Crippen LogP contribution is -2.04. The quantitative estimate of drug-likeness (QED) is 0.376. The molecule has 24 heavy (non-hydrogen) atoms. The van der Waals surface area contributed by atoms with Gasteiger partial charge in [-0.15, -0.1) is 0 Å². The van der Waals surface area contributed by atoms with Gasteiger partial charge in [0.15, 0.2) is 0 Å². The van der Waals surface area contributed by atoms with E-state index >= 15 is 0 Å². The highest BCUT2D eigenvalue weighted by atomic mass is 31.2. The zero-order valence-electron chi connectivity index (χ0n) is 14.1. The van der Waals surface area contributed by atoms with E-state index in [2.05, 4.69) is 4.74 Å². The standard InChI is InChI=1S/C15H21O8P/c1-5-20-14(16)9-13(24(18,22-6-2)23-7-3)12-8-11(10-21-12)15(17)19-4/h8-10H,5-7H2,1-4H3. The third-order valence-electron chi connectivity index (χ3n) is 2.71. The molecule has 0 aromatic carbocycles. The van der Waals surface area contributed by atoms with Crippen molar-refractivity contribution in [1.29, 1.82) is 0 Å². The molecule has 0 fully saturated rings. The topological polar surface area (TPSA) is 101 Å². The van der Waals surface area contributed by atoms with Crippen LogP contribution in [-0.2, 0) is 27.9 Å². The predicted molar refractivity (Wildman–Crippen MR) is 85.5 cm³/mol. The number of rotatable bonds is 9. The Bertz CT molecular complexity index is 636. The normalized spacial score (nSPS) is 12.1. The van der Waals surface area contributed by atoms with Gasteiger partial charge in [0.2, 0.25) is 0 Å². The summed E-state index contributed by atoms with van der Waals surface area (Å²) in [6, 6.07) is 1.29. The number of ether oxygens (including phenoxy) is 2. The fourth-order valence-corrected chi connectivity index (χ4v) is 3.48. The average molecular weight is 360 g/mol. The van der Waals surface area contributed by atoms with Crippen molar-refractivity contribution in [2.45, 2.75) is 20.8 Å². The lowest BCUT2D eigenvalue weighted by Gasteiger charge is -2.18. The molecule has 0 aliphatic carbocycles. The van der Waals surface area contributed by atoms with Gasteiger partial charge in [-0.2, -0.15) is 0 Å². The lowest BCUT2D eigenvalue weighted by atomic mass is 10.3. The van der Waals surface area contributed by atoms with E-state index in [1.807, 2.05) is 0 Å². The zero-order chi connectivity index (χ0) is 18.2. The van der Waals surface area contributed by atoms with Gasteiger partial charge in [-0.25, -0.2) is 9.59 Å². The molecule has 8 nitrogen and oxygen atoms in total. The van der Waals surface area contributed by atoms with Gasteiger partial charge in [-0.05, 0) is 26.8 Å². The van der Waals surface area contributed by atoms with Crippen molar-refractivity contribution in [3.05, 3.63) is 29.7 Å². The van der Waals surface area contributed by atoms with Crippen molar-refractivity contribution < 1.29 is 37.1 Å². The second-order valence-corrected chi connectivity index (χ2v) is 6.30. The van der Waals surface area contributed by atoms with Gasteiger partial charge in [-0.3, -0.25) is 4.57 Å². The molecule has 0 N–H and O–H groups in total. The van der Waals surface area contributed by atoms with Crippen LogP contribution in [0.15, 0.2) is 22.8 Å².